The zero-order valence-electron chi connectivity index (χ0n) is 13.7. The fourth-order valence-corrected chi connectivity index (χ4v) is 3.02. The van der Waals surface area contributed by atoms with Crippen LogP contribution in [0.1, 0.15) is 41.6 Å². The lowest BCUT2D eigenvalue weighted by Crippen LogP contribution is -2.35. The zero-order valence-corrected chi connectivity index (χ0v) is 13.7. The number of benzene rings is 1. The average molecular weight is 315 g/mol. The molecule has 3 rings (SSSR count). The van der Waals surface area contributed by atoms with E-state index in [0.29, 0.717) is 18.7 Å². The van der Waals surface area contributed by atoms with Gasteiger partial charge in [-0.2, -0.15) is 0 Å². The number of halogens is 1. The number of hydrogen-bond donors (Lipinski definition) is 1. The van der Waals surface area contributed by atoms with Gasteiger partial charge in [-0.05, 0) is 30.5 Å². The maximum Gasteiger partial charge on any atom is 0.255 e. The van der Waals surface area contributed by atoms with E-state index in [9.17, 15) is 9.18 Å². The molecule has 5 heteroatoms. The van der Waals surface area contributed by atoms with Crippen molar-refractivity contribution in [3.05, 3.63) is 62.6 Å². The number of nitrogens with one attached hydrogen (secondary N) is 1. The number of nitrogens with zero attached hydrogens (tertiary/aromatic N) is 2. The first kappa shape index (κ1) is 15.9. The fourth-order valence-electron chi connectivity index (χ4n) is 3.02. The Morgan fingerprint density at radius 1 is 1.39 bits per heavy atom. The van der Waals surface area contributed by atoms with E-state index in [-0.39, 0.29) is 11.4 Å². The third-order valence-electron chi connectivity index (χ3n) is 4.33. The molecule has 0 radical (unpaired) electrons. The van der Waals surface area contributed by atoms with Crippen molar-refractivity contribution in [3.8, 4) is 0 Å². The summed E-state index contributed by atoms with van der Waals surface area (Å²) in [5.41, 5.74) is 3.23. The van der Waals surface area contributed by atoms with E-state index in [4.69, 9.17) is 0 Å². The Morgan fingerprint density at radius 3 is 2.96 bits per heavy atom. The molecule has 2 heterocycles. The molecule has 1 aromatic carbocycles. The minimum atomic E-state index is -0.177. The van der Waals surface area contributed by atoms with Crippen LogP contribution in [0.3, 0.4) is 0 Å². The second kappa shape index (κ2) is 6.62. The van der Waals surface area contributed by atoms with Crippen LogP contribution in [-0.4, -0.2) is 21.4 Å². The number of aryl methyl sites for hydroxylation is 2. The van der Waals surface area contributed by atoms with Gasteiger partial charge in [0.2, 0.25) is 0 Å². The molecule has 0 aliphatic carbocycles. The van der Waals surface area contributed by atoms with Gasteiger partial charge in [0.1, 0.15) is 11.6 Å². The van der Waals surface area contributed by atoms with Crippen LogP contribution in [0.25, 0.3) is 0 Å². The minimum absolute atomic E-state index is 0.0294. The molecule has 122 valence electrons. The van der Waals surface area contributed by atoms with E-state index in [1.54, 1.807) is 19.1 Å². The molecule has 2 aromatic rings. The first-order valence-electron chi connectivity index (χ1n) is 8.15. The van der Waals surface area contributed by atoms with Gasteiger partial charge >= 0.3 is 0 Å². The molecule has 0 amide bonds. The van der Waals surface area contributed by atoms with E-state index in [1.807, 2.05) is 6.07 Å². The van der Waals surface area contributed by atoms with Crippen molar-refractivity contribution in [2.45, 2.75) is 46.2 Å². The molecule has 4 nitrogen and oxygen atoms in total. The summed E-state index contributed by atoms with van der Waals surface area (Å²) in [6.45, 7) is 5.88. The molecular formula is C18H22FN3O. The first-order chi connectivity index (χ1) is 11.1. The Labute approximate surface area is 135 Å². The summed E-state index contributed by atoms with van der Waals surface area (Å²) in [4.78, 5) is 21.9. The number of hydrogen-bond acceptors (Lipinski definition) is 3. The Morgan fingerprint density at radius 2 is 2.22 bits per heavy atom. The second-order valence-corrected chi connectivity index (χ2v) is 6.23. The van der Waals surface area contributed by atoms with Gasteiger partial charge in [0.25, 0.3) is 5.56 Å². The van der Waals surface area contributed by atoms with Gasteiger partial charge in [0.05, 0.1) is 11.3 Å². The van der Waals surface area contributed by atoms with Gasteiger partial charge in [-0.1, -0.05) is 19.1 Å². The molecule has 23 heavy (non-hydrogen) atoms. The summed E-state index contributed by atoms with van der Waals surface area (Å²) in [5, 5.41) is 0. The summed E-state index contributed by atoms with van der Waals surface area (Å²) in [5.74, 6) is 0.605. The highest BCUT2D eigenvalue weighted by molar-refractivity contribution is 5.25. The third-order valence-corrected chi connectivity index (χ3v) is 4.33. The summed E-state index contributed by atoms with van der Waals surface area (Å²) in [6.07, 6.45) is 2.53. The SMILES string of the molecule is CCCc1nc2c(c(=O)[nH]1)CN(Cc1ccc(C)c(F)c1)CC2. The van der Waals surface area contributed by atoms with Crippen molar-refractivity contribution in [1.29, 1.82) is 0 Å². The molecule has 0 spiro atoms. The maximum atomic E-state index is 13.7. The monoisotopic (exact) mass is 315 g/mol. The molecule has 1 aliphatic rings. The van der Waals surface area contributed by atoms with Crippen molar-refractivity contribution in [2.24, 2.45) is 0 Å². The highest BCUT2D eigenvalue weighted by Gasteiger charge is 2.21. The molecule has 0 saturated carbocycles. The molecule has 0 bridgehead atoms. The fraction of sp³-hybridized carbons (Fsp3) is 0.444. The van der Waals surface area contributed by atoms with Gasteiger partial charge in [-0.25, -0.2) is 9.37 Å². The predicted molar refractivity (Wildman–Crippen MR) is 87.8 cm³/mol. The van der Waals surface area contributed by atoms with Crippen LogP contribution >= 0.6 is 0 Å². The number of aromatic nitrogens is 2. The highest BCUT2D eigenvalue weighted by Crippen LogP contribution is 2.18. The molecule has 0 atom stereocenters. The van der Waals surface area contributed by atoms with Crippen molar-refractivity contribution < 1.29 is 4.39 Å². The Kier molecular flexibility index (Phi) is 4.57. The van der Waals surface area contributed by atoms with Gasteiger partial charge in [-0.3, -0.25) is 9.69 Å². The van der Waals surface area contributed by atoms with Crippen LogP contribution < -0.4 is 5.56 Å². The van der Waals surface area contributed by atoms with Crippen molar-refractivity contribution >= 4 is 0 Å². The number of fused-ring (bicyclic) bond motifs is 1. The summed E-state index contributed by atoms with van der Waals surface area (Å²) < 4.78 is 13.7. The topological polar surface area (TPSA) is 49.0 Å². The summed E-state index contributed by atoms with van der Waals surface area (Å²) in [7, 11) is 0. The van der Waals surface area contributed by atoms with E-state index in [1.165, 1.54) is 0 Å². The van der Waals surface area contributed by atoms with Crippen molar-refractivity contribution in [1.82, 2.24) is 14.9 Å². The Hall–Kier alpha value is -2.01. The van der Waals surface area contributed by atoms with Gasteiger partial charge in [0, 0.05) is 32.5 Å². The summed E-state index contributed by atoms with van der Waals surface area (Å²) >= 11 is 0. The standard InChI is InChI=1S/C18H22FN3O/c1-3-4-17-20-16-7-8-22(11-14(16)18(23)21-17)10-13-6-5-12(2)15(19)9-13/h5-6,9H,3-4,7-8,10-11H2,1-2H3,(H,20,21,23). The lowest BCUT2D eigenvalue weighted by molar-refractivity contribution is 0.241. The quantitative estimate of drug-likeness (QED) is 0.944. The lowest BCUT2D eigenvalue weighted by atomic mass is 10.1. The molecule has 1 N–H and O–H groups in total. The molecule has 0 unspecified atom stereocenters. The maximum absolute atomic E-state index is 13.7. The lowest BCUT2D eigenvalue weighted by Gasteiger charge is -2.27. The average Bonchev–Trinajstić information content (AvgIpc) is 2.52. The number of rotatable bonds is 4. The van der Waals surface area contributed by atoms with Crippen LogP contribution in [-0.2, 0) is 25.9 Å². The molecule has 1 aromatic heterocycles. The smallest absolute Gasteiger partial charge is 0.255 e. The van der Waals surface area contributed by atoms with Crippen LogP contribution in [0.4, 0.5) is 4.39 Å². The Bertz CT molecular complexity index is 769. The van der Waals surface area contributed by atoms with Crippen LogP contribution in [0, 0.1) is 12.7 Å². The van der Waals surface area contributed by atoms with Crippen LogP contribution in [0.5, 0.6) is 0 Å². The van der Waals surface area contributed by atoms with E-state index < -0.39 is 0 Å². The highest BCUT2D eigenvalue weighted by atomic mass is 19.1. The second-order valence-electron chi connectivity index (χ2n) is 6.23. The zero-order chi connectivity index (χ0) is 16.4. The van der Waals surface area contributed by atoms with Gasteiger partial charge < -0.3 is 4.98 Å². The molecule has 0 saturated heterocycles. The van der Waals surface area contributed by atoms with Gasteiger partial charge in [0.15, 0.2) is 0 Å². The minimum Gasteiger partial charge on any atom is -0.310 e. The Balaban J connectivity index is 1.77. The molecular weight excluding hydrogens is 293 g/mol. The van der Waals surface area contributed by atoms with Crippen molar-refractivity contribution in [2.75, 3.05) is 6.54 Å². The number of aromatic amines is 1. The van der Waals surface area contributed by atoms with E-state index in [0.717, 1.165) is 48.5 Å². The third kappa shape index (κ3) is 3.50. The molecule has 1 aliphatic heterocycles. The largest absolute Gasteiger partial charge is 0.310 e. The number of H-pyrrole nitrogens is 1. The molecule has 0 fully saturated rings. The van der Waals surface area contributed by atoms with Crippen LogP contribution in [0.15, 0.2) is 23.0 Å². The predicted octanol–water partition coefficient (Wildman–Crippen LogP) is 2.73. The van der Waals surface area contributed by atoms with Gasteiger partial charge in [-0.15, -0.1) is 0 Å². The first-order valence-corrected chi connectivity index (χ1v) is 8.15. The normalized spacial score (nSPS) is 14.7. The van der Waals surface area contributed by atoms with E-state index in [2.05, 4.69) is 21.8 Å². The van der Waals surface area contributed by atoms with Crippen molar-refractivity contribution in [3.63, 3.8) is 0 Å². The van der Waals surface area contributed by atoms with E-state index >= 15 is 0 Å². The summed E-state index contributed by atoms with van der Waals surface area (Å²) in [6, 6.07) is 5.33. The van der Waals surface area contributed by atoms with Crippen LogP contribution in [0.2, 0.25) is 0 Å².